The number of hydrogen-bond donors (Lipinski definition) is 4. The minimum absolute atomic E-state index is 0.0255. The Labute approximate surface area is 356 Å². The molecule has 4 N–H and O–H groups in total. The number of nitrogens with zero attached hydrogens (tertiary/aromatic N) is 4. The largest absolute Gasteiger partial charge is 0.444 e. The molecule has 0 radical (unpaired) electrons. The molecule has 2 saturated carbocycles. The van der Waals surface area contributed by atoms with Crippen molar-refractivity contribution < 1.29 is 56.5 Å². The minimum atomic E-state index is -3.96. The van der Waals surface area contributed by atoms with E-state index in [1.54, 1.807) is 47.6 Å². The summed E-state index contributed by atoms with van der Waals surface area (Å²) in [5.74, 6) is -3.10. The Balaban J connectivity index is 0.000000605. The van der Waals surface area contributed by atoms with Crippen molar-refractivity contribution in [1.82, 2.24) is 20.3 Å². The fraction of sp³-hybridized carbons (Fsp3) is 0.487. The zero-order chi connectivity index (χ0) is 46.4. The average Bonchev–Trinajstić information content (AvgIpc) is 4.10. The molecule has 0 aromatic heterocycles. The summed E-state index contributed by atoms with van der Waals surface area (Å²) in [4.78, 5) is 102. The first-order chi connectivity index (χ1) is 28.8. The molecule has 1 heterocycles. The highest BCUT2D eigenvalue weighted by molar-refractivity contribution is 7.91. The quantitative estimate of drug-likeness (QED) is 0.0718. The standard InChI is InChI=1S/C32H44N6O11S.C7H4N2O3/c1-8-18-16-32(18,27(41)36-50(46,47)20-13-14-20)35-25(39)23-15-19(48-28(42)33-21-11-9-10-12-22(21)38(44)45)17-37(23)26(40)24(30(2,3)4)34-29(43)49-31(5,6)7;10-5-8-6-3-1-2-4-7(6)9(11)12/h8-12,18-20,23-24H,1,13-17H2,2-7H3,(H,33,42)(H,34,43)(H,35,39)(H,36,41);1-4H/t18?,19-,23+,24-,32-;/m1./s1. The van der Waals surface area contributed by atoms with Crippen LogP contribution in [0.5, 0.6) is 0 Å². The van der Waals surface area contributed by atoms with Crippen LogP contribution < -0.4 is 20.7 Å². The van der Waals surface area contributed by atoms with Gasteiger partial charge in [0.1, 0.15) is 35.0 Å². The molecule has 5 atom stereocenters. The number of anilines is 1. The van der Waals surface area contributed by atoms with Gasteiger partial charge in [0.25, 0.3) is 17.3 Å². The lowest BCUT2D eigenvalue weighted by Gasteiger charge is -2.36. The van der Waals surface area contributed by atoms with Crippen molar-refractivity contribution in [2.24, 2.45) is 16.3 Å². The fourth-order valence-corrected chi connectivity index (χ4v) is 7.79. The Morgan fingerprint density at radius 1 is 0.968 bits per heavy atom. The minimum Gasteiger partial charge on any atom is -0.444 e. The summed E-state index contributed by atoms with van der Waals surface area (Å²) in [6.07, 6.45) is 0.179. The topological polar surface area (TPSA) is 305 Å². The van der Waals surface area contributed by atoms with Gasteiger partial charge in [-0.05, 0) is 57.6 Å². The van der Waals surface area contributed by atoms with Gasteiger partial charge < -0.3 is 25.0 Å². The van der Waals surface area contributed by atoms with Crippen LogP contribution in [0.1, 0.15) is 67.2 Å². The maximum absolute atomic E-state index is 14.2. The number of isocyanates is 1. The third kappa shape index (κ3) is 12.2. The number of amides is 5. The van der Waals surface area contributed by atoms with Crippen molar-refractivity contribution in [1.29, 1.82) is 0 Å². The lowest BCUT2D eigenvalue weighted by Crippen LogP contribution is -2.60. The second-order valence-electron chi connectivity index (χ2n) is 16.7. The lowest BCUT2D eigenvalue weighted by atomic mass is 9.85. The van der Waals surface area contributed by atoms with E-state index in [9.17, 15) is 57.4 Å². The van der Waals surface area contributed by atoms with Crippen LogP contribution in [0.4, 0.5) is 32.3 Å². The molecule has 5 amide bonds. The number of nitrogens with one attached hydrogen (secondary N) is 4. The van der Waals surface area contributed by atoms with Gasteiger partial charge in [0.15, 0.2) is 5.69 Å². The lowest BCUT2D eigenvalue weighted by molar-refractivity contribution is -0.384. The molecular formula is C39H48N8O14S. The van der Waals surface area contributed by atoms with Crippen LogP contribution in [0.2, 0.25) is 0 Å². The van der Waals surface area contributed by atoms with Gasteiger partial charge in [-0.3, -0.25) is 44.7 Å². The van der Waals surface area contributed by atoms with Gasteiger partial charge in [-0.1, -0.05) is 51.1 Å². The van der Waals surface area contributed by atoms with E-state index in [1.165, 1.54) is 54.6 Å². The highest BCUT2D eigenvalue weighted by Gasteiger charge is 2.62. The summed E-state index contributed by atoms with van der Waals surface area (Å²) >= 11 is 0. The smallest absolute Gasteiger partial charge is 0.412 e. The summed E-state index contributed by atoms with van der Waals surface area (Å²) in [5.41, 5.74) is -4.16. The third-order valence-corrected chi connectivity index (χ3v) is 11.5. The summed E-state index contributed by atoms with van der Waals surface area (Å²) in [6.45, 7) is 13.4. The van der Waals surface area contributed by atoms with Crippen molar-refractivity contribution >= 4 is 68.8 Å². The zero-order valence-corrected chi connectivity index (χ0v) is 35.6. The molecule has 3 aliphatic rings. The number of alkyl carbamates (subject to hydrolysis) is 1. The Kier molecular flexibility index (Phi) is 14.6. The Hall–Kier alpha value is -6.74. The molecule has 1 saturated heterocycles. The van der Waals surface area contributed by atoms with Gasteiger partial charge in [-0.2, -0.15) is 4.99 Å². The molecule has 334 valence electrons. The van der Waals surface area contributed by atoms with Gasteiger partial charge in [-0.15, -0.1) is 6.58 Å². The van der Waals surface area contributed by atoms with E-state index < -0.39 is 95.7 Å². The first kappa shape index (κ1) is 47.9. The molecule has 1 aliphatic heterocycles. The fourth-order valence-electron chi connectivity index (χ4n) is 6.43. The number of sulfonamides is 1. The normalized spacial score (nSPS) is 20.9. The molecular weight excluding hydrogens is 837 g/mol. The monoisotopic (exact) mass is 884 g/mol. The Morgan fingerprint density at radius 2 is 1.56 bits per heavy atom. The van der Waals surface area contributed by atoms with Gasteiger partial charge in [-0.25, -0.2) is 22.8 Å². The van der Waals surface area contributed by atoms with Crippen LogP contribution in [-0.4, -0.2) is 100 Å². The maximum Gasteiger partial charge on any atom is 0.412 e. The van der Waals surface area contributed by atoms with E-state index in [4.69, 9.17) is 9.47 Å². The highest BCUT2D eigenvalue weighted by atomic mass is 32.2. The van der Waals surface area contributed by atoms with Crippen LogP contribution in [0.3, 0.4) is 0 Å². The van der Waals surface area contributed by atoms with Crippen molar-refractivity contribution in [3.8, 4) is 0 Å². The highest BCUT2D eigenvalue weighted by Crippen LogP contribution is 2.45. The molecule has 2 aromatic rings. The van der Waals surface area contributed by atoms with Crippen LogP contribution in [0.25, 0.3) is 0 Å². The second-order valence-corrected chi connectivity index (χ2v) is 18.7. The molecule has 2 aromatic carbocycles. The number of para-hydroxylation sites is 4. The number of nitro groups is 2. The second kappa shape index (κ2) is 18.9. The van der Waals surface area contributed by atoms with Crippen molar-refractivity contribution in [2.75, 3.05) is 11.9 Å². The molecule has 0 bridgehead atoms. The van der Waals surface area contributed by atoms with Crippen LogP contribution in [0, 0.1) is 31.6 Å². The number of nitro benzene ring substituents is 2. The number of carbonyl (C=O) groups excluding carboxylic acids is 6. The summed E-state index contributed by atoms with van der Waals surface area (Å²) in [5, 5.41) is 28.6. The first-order valence-corrected chi connectivity index (χ1v) is 20.7. The van der Waals surface area contributed by atoms with Crippen LogP contribution in [-0.2, 0) is 38.7 Å². The van der Waals surface area contributed by atoms with E-state index in [0.717, 1.165) is 4.90 Å². The van der Waals surface area contributed by atoms with Crippen molar-refractivity contribution in [3.05, 3.63) is 81.4 Å². The molecule has 5 rings (SSSR count). The zero-order valence-electron chi connectivity index (χ0n) is 34.7. The number of ether oxygens (including phenoxy) is 2. The summed E-state index contributed by atoms with van der Waals surface area (Å²) < 4.78 is 38.1. The summed E-state index contributed by atoms with van der Waals surface area (Å²) in [7, 11) is -3.96. The molecule has 23 heteroatoms. The van der Waals surface area contributed by atoms with E-state index in [-0.39, 0.29) is 42.1 Å². The Morgan fingerprint density at radius 3 is 2.10 bits per heavy atom. The van der Waals surface area contributed by atoms with Gasteiger partial charge in [0.05, 0.1) is 21.6 Å². The predicted octanol–water partition coefficient (Wildman–Crippen LogP) is 4.28. The molecule has 1 unspecified atom stereocenters. The number of benzene rings is 2. The van der Waals surface area contributed by atoms with E-state index in [0.29, 0.717) is 12.8 Å². The van der Waals surface area contributed by atoms with Gasteiger partial charge in [0.2, 0.25) is 27.9 Å². The third-order valence-electron chi connectivity index (χ3n) is 9.73. The number of likely N-dealkylation sites (tertiary alicyclic amines) is 1. The Bertz CT molecular complexity index is 2260. The maximum atomic E-state index is 14.2. The predicted molar refractivity (Wildman–Crippen MR) is 220 cm³/mol. The molecule has 22 nitrogen and oxygen atoms in total. The number of carbonyl (C=O) groups is 5. The van der Waals surface area contributed by atoms with Gasteiger partial charge in [0, 0.05) is 24.5 Å². The van der Waals surface area contributed by atoms with Crippen molar-refractivity contribution in [2.45, 2.75) is 102 Å². The van der Waals surface area contributed by atoms with E-state index in [2.05, 4.69) is 32.2 Å². The average molecular weight is 885 g/mol. The van der Waals surface area contributed by atoms with Gasteiger partial charge >= 0.3 is 12.2 Å². The van der Waals surface area contributed by atoms with Crippen LogP contribution >= 0.6 is 0 Å². The van der Waals surface area contributed by atoms with Crippen LogP contribution in [0.15, 0.2) is 66.2 Å². The van der Waals surface area contributed by atoms with E-state index in [1.807, 2.05) is 0 Å². The molecule has 0 spiro atoms. The molecule has 3 fully saturated rings. The molecule has 62 heavy (non-hydrogen) atoms. The molecule has 2 aliphatic carbocycles. The SMILES string of the molecule is C=CC1C[C@]1(NC(=O)[C@@H]1C[C@@H](OC(=O)Nc2ccccc2[N+](=O)[O-])CN1C(=O)[C@@H](NC(=O)OC(C)(C)C)C(C)(C)C)C(=O)NS(=O)(=O)C1CC1.O=C=Nc1ccccc1[N+](=O)[O-]. The van der Waals surface area contributed by atoms with Crippen molar-refractivity contribution in [3.63, 3.8) is 0 Å². The number of rotatable bonds is 13. The summed E-state index contributed by atoms with van der Waals surface area (Å²) in [6, 6.07) is 8.50. The number of hydrogen-bond acceptors (Lipinski definition) is 15. The number of aliphatic imine (C=N–C) groups is 1. The first-order valence-electron chi connectivity index (χ1n) is 19.2. The van der Waals surface area contributed by atoms with E-state index >= 15 is 0 Å².